The van der Waals surface area contributed by atoms with E-state index in [9.17, 15) is 0 Å². The van der Waals surface area contributed by atoms with Gasteiger partial charge in [0.05, 0.1) is 0 Å². The summed E-state index contributed by atoms with van der Waals surface area (Å²) in [6.45, 7) is 8.16. The third-order valence-electron chi connectivity index (χ3n) is 4.49. The second kappa shape index (κ2) is 4.58. The van der Waals surface area contributed by atoms with Crippen LogP contribution in [0.3, 0.4) is 0 Å². The number of benzene rings is 1. The van der Waals surface area contributed by atoms with Crippen LogP contribution in [0.5, 0.6) is 0 Å². The van der Waals surface area contributed by atoms with E-state index in [4.69, 9.17) is 0 Å². The molecule has 1 unspecified atom stereocenters. The second-order valence-corrected chi connectivity index (χ2v) is 6.45. The fourth-order valence-electron chi connectivity index (χ4n) is 2.98. The summed E-state index contributed by atoms with van der Waals surface area (Å²) < 4.78 is 0. The molecule has 3 rings (SSSR count). The van der Waals surface area contributed by atoms with Crippen LogP contribution < -0.4 is 10.2 Å². The summed E-state index contributed by atoms with van der Waals surface area (Å²) in [5.74, 6) is 0. The van der Waals surface area contributed by atoms with E-state index < -0.39 is 0 Å². The summed E-state index contributed by atoms with van der Waals surface area (Å²) in [6, 6.07) is 9.59. The zero-order valence-corrected chi connectivity index (χ0v) is 11.6. The van der Waals surface area contributed by atoms with Gasteiger partial charge in [0.25, 0.3) is 0 Å². The molecule has 1 aliphatic carbocycles. The Balaban J connectivity index is 1.67. The lowest BCUT2D eigenvalue weighted by Gasteiger charge is -2.21. The van der Waals surface area contributed by atoms with Crippen LogP contribution in [0, 0.1) is 5.41 Å². The smallest absolute Gasteiger partial charge is 0.0411 e. The number of nitrogens with zero attached hydrogens (tertiary/aromatic N) is 1. The van der Waals surface area contributed by atoms with E-state index in [0.717, 1.165) is 6.54 Å². The Morgan fingerprint density at radius 2 is 1.89 bits per heavy atom. The molecule has 18 heavy (non-hydrogen) atoms. The van der Waals surface area contributed by atoms with Gasteiger partial charge >= 0.3 is 0 Å². The van der Waals surface area contributed by atoms with Crippen LogP contribution in [0.15, 0.2) is 24.3 Å². The molecule has 0 bridgehead atoms. The van der Waals surface area contributed by atoms with E-state index in [-0.39, 0.29) is 0 Å². The van der Waals surface area contributed by atoms with Crippen LogP contribution in [0.1, 0.15) is 38.7 Å². The standard InChI is InChI=1S/C16H24N2/c1-16(2)11-15(16)17-12-13-7-3-4-8-14(13)18-9-5-6-10-18/h3-4,7-8,15,17H,5-6,9-12H2,1-2H3. The van der Waals surface area contributed by atoms with Crippen molar-refractivity contribution in [3.63, 3.8) is 0 Å². The largest absolute Gasteiger partial charge is 0.371 e. The molecule has 1 aromatic rings. The fraction of sp³-hybridized carbons (Fsp3) is 0.625. The molecule has 2 fully saturated rings. The molecule has 0 aromatic heterocycles. The predicted molar refractivity (Wildman–Crippen MR) is 76.9 cm³/mol. The van der Waals surface area contributed by atoms with Crippen molar-refractivity contribution in [2.24, 2.45) is 5.41 Å². The first-order valence-electron chi connectivity index (χ1n) is 7.23. The van der Waals surface area contributed by atoms with Gasteiger partial charge in [-0.1, -0.05) is 32.0 Å². The highest BCUT2D eigenvalue weighted by Gasteiger charge is 2.45. The first-order valence-corrected chi connectivity index (χ1v) is 7.23. The molecular weight excluding hydrogens is 220 g/mol. The van der Waals surface area contributed by atoms with Gasteiger partial charge in [-0.3, -0.25) is 0 Å². The Kier molecular flexibility index (Phi) is 3.06. The number of rotatable bonds is 4. The van der Waals surface area contributed by atoms with Crippen LogP contribution in [0.2, 0.25) is 0 Å². The Hall–Kier alpha value is -1.02. The average molecular weight is 244 g/mol. The molecule has 1 aliphatic heterocycles. The second-order valence-electron chi connectivity index (χ2n) is 6.45. The van der Waals surface area contributed by atoms with Crippen LogP contribution in [-0.4, -0.2) is 19.1 Å². The molecule has 0 spiro atoms. The van der Waals surface area contributed by atoms with Gasteiger partial charge in [0.1, 0.15) is 0 Å². The van der Waals surface area contributed by atoms with Crippen molar-refractivity contribution in [1.82, 2.24) is 5.32 Å². The highest BCUT2D eigenvalue weighted by Crippen LogP contribution is 2.44. The number of hydrogen-bond acceptors (Lipinski definition) is 2. The summed E-state index contributed by atoms with van der Waals surface area (Å²) in [7, 11) is 0. The van der Waals surface area contributed by atoms with Crippen molar-refractivity contribution >= 4 is 5.69 Å². The monoisotopic (exact) mass is 244 g/mol. The fourth-order valence-corrected chi connectivity index (χ4v) is 2.98. The number of hydrogen-bond donors (Lipinski definition) is 1. The third-order valence-corrected chi connectivity index (χ3v) is 4.49. The van der Waals surface area contributed by atoms with E-state index in [1.807, 2.05) is 0 Å². The van der Waals surface area contributed by atoms with Crippen molar-refractivity contribution in [2.45, 2.75) is 45.7 Å². The molecule has 2 nitrogen and oxygen atoms in total. The minimum absolute atomic E-state index is 0.516. The molecule has 0 radical (unpaired) electrons. The molecular formula is C16H24N2. The topological polar surface area (TPSA) is 15.3 Å². The summed E-state index contributed by atoms with van der Waals surface area (Å²) in [5, 5.41) is 3.70. The highest BCUT2D eigenvalue weighted by molar-refractivity contribution is 5.54. The van der Waals surface area contributed by atoms with Crippen LogP contribution in [0.25, 0.3) is 0 Å². The van der Waals surface area contributed by atoms with Gasteiger partial charge in [-0.05, 0) is 36.3 Å². The lowest BCUT2D eigenvalue weighted by atomic mass is 10.1. The molecule has 2 heteroatoms. The summed E-state index contributed by atoms with van der Waals surface area (Å²) >= 11 is 0. The summed E-state index contributed by atoms with van der Waals surface area (Å²) in [5.41, 5.74) is 3.42. The van der Waals surface area contributed by atoms with Crippen molar-refractivity contribution < 1.29 is 0 Å². The lowest BCUT2D eigenvalue weighted by molar-refractivity contribution is 0.542. The van der Waals surface area contributed by atoms with E-state index >= 15 is 0 Å². The van der Waals surface area contributed by atoms with Crippen LogP contribution in [0.4, 0.5) is 5.69 Å². The predicted octanol–water partition coefficient (Wildman–Crippen LogP) is 3.17. The SMILES string of the molecule is CC1(C)CC1NCc1ccccc1N1CCCC1. The van der Waals surface area contributed by atoms with Gasteiger partial charge in [0, 0.05) is 31.4 Å². The minimum atomic E-state index is 0.516. The first-order chi connectivity index (χ1) is 8.67. The van der Waals surface area contributed by atoms with Gasteiger partial charge in [-0.25, -0.2) is 0 Å². The van der Waals surface area contributed by atoms with Gasteiger partial charge in [0.15, 0.2) is 0 Å². The van der Waals surface area contributed by atoms with Crippen LogP contribution in [-0.2, 0) is 6.54 Å². The van der Waals surface area contributed by atoms with Crippen molar-refractivity contribution in [3.8, 4) is 0 Å². The van der Waals surface area contributed by atoms with Gasteiger partial charge in [0.2, 0.25) is 0 Å². The molecule has 1 atom stereocenters. The number of para-hydroxylation sites is 1. The van der Waals surface area contributed by atoms with Gasteiger partial charge in [-0.2, -0.15) is 0 Å². The number of anilines is 1. The highest BCUT2D eigenvalue weighted by atomic mass is 15.1. The Bertz CT molecular complexity index is 419. The van der Waals surface area contributed by atoms with E-state index in [1.165, 1.54) is 43.6 Å². The summed E-state index contributed by atoms with van der Waals surface area (Å²) in [6.07, 6.45) is 4.01. The van der Waals surface area contributed by atoms with Crippen LogP contribution >= 0.6 is 0 Å². The molecule has 1 aromatic carbocycles. The molecule has 1 saturated carbocycles. The maximum atomic E-state index is 3.70. The average Bonchev–Trinajstić information content (AvgIpc) is 2.81. The van der Waals surface area contributed by atoms with E-state index in [2.05, 4.69) is 48.3 Å². The minimum Gasteiger partial charge on any atom is -0.371 e. The van der Waals surface area contributed by atoms with E-state index in [0.29, 0.717) is 11.5 Å². The third kappa shape index (κ3) is 2.39. The van der Waals surface area contributed by atoms with Crippen molar-refractivity contribution in [2.75, 3.05) is 18.0 Å². The molecule has 98 valence electrons. The summed E-state index contributed by atoms with van der Waals surface area (Å²) in [4.78, 5) is 2.54. The lowest BCUT2D eigenvalue weighted by Crippen LogP contribution is -2.24. The molecule has 2 aliphatic rings. The Labute approximate surface area is 110 Å². The Morgan fingerprint density at radius 1 is 1.22 bits per heavy atom. The molecule has 1 saturated heterocycles. The maximum Gasteiger partial charge on any atom is 0.0411 e. The van der Waals surface area contributed by atoms with Crippen molar-refractivity contribution in [3.05, 3.63) is 29.8 Å². The van der Waals surface area contributed by atoms with Gasteiger partial charge < -0.3 is 10.2 Å². The molecule has 1 heterocycles. The quantitative estimate of drug-likeness (QED) is 0.875. The zero-order chi connectivity index (χ0) is 12.6. The molecule has 0 amide bonds. The normalized spacial score (nSPS) is 25.4. The van der Waals surface area contributed by atoms with E-state index in [1.54, 1.807) is 0 Å². The Morgan fingerprint density at radius 3 is 2.56 bits per heavy atom. The maximum absolute atomic E-state index is 3.70. The zero-order valence-electron chi connectivity index (χ0n) is 11.6. The van der Waals surface area contributed by atoms with Gasteiger partial charge in [-0.15, -0.1) is 0 Å². The number of nitrogens with one attached hydrogen (secondary N) is 1. The first kappa shape index (κ1) is 12.0. The van der Waals surface area contributed by atoms with Crippen molar-refractivity contribution in [1.29, 1.82) is 0 Å². The molecule has 1 N–H and O–H groups in total.